The van der Waals surface area contributed by atoms with Gasteiger partial charge in [0.05, 0.1) is 0 Å². The van der Waals surface area contributed by atoms with Gasteiger partial charge in [-0.3, -0.25) is 4.99 Å². The fraction of sp³-hybridized carbons (Fsp3) is 0.435. The van der Waals surface area contributed by atoms with Crippen LogP contribution >= 0.6 is 0 Å². The summed E-state index contributed by atoms with van der Waals surface area (Å²) in [4.78, 5) is 8.88. The van der Waals surface area contributed by atoms with Gasteiger partial charge in [0.25, 0.3) is 0 Å². The second-order valence-corrected chi connectivity index (χ2v) is 8.06. The van der Waals surface area contributed by atoms with Crippen molar-refractivity contribution in [3.8, 4) is 0 Å². The first-order valence-corrected chi connectivity index (χ1v) is 10.6. The molecule has 0 radical (unpaired) electrons. The summed E-state index contributed by atoms with van der Waals surface area (Å²) in [6.07, 6.45) is 2.08. The molecule has 2 atom stereocenters. The molecule has 2 fully saturated rings. The third-order valence-electron chi connectivity index (χ3n) is 5.99. The number of anilines is 2. The second-order valence-electron chi connectivity index (χ2n) is 8.06. The van der Waals surface area contributed by atoms with Crippen LogP contribution in [0, 0.1) is 17.6 Å². The van der Waals surface area contributed by atoms with Crippen molar-refractivity contribution in [2.75, 3.05) is 49.6 Å². The number of halogens is 2. The minimum Gasteiger partial charge on any atom is -0.371 e. The Balaban J connectivity index is 1.24. The van der Waals surface area contributed by atoms with Gasteiger partial charge in [-0.05, 0) is 43.0 Å². The normalized spacial score (nSPS) is 21.9. The molecule has 2 heterocycles. The van der Waals surface area contributed by atoms with Crippen molar-refractivity contribution in [3.63, 3.8) is 0 Å². The smallest absolute Gasteiger partial charge is 0.191 e. The number of nitrogens with one attached hydrogen (secondary N) is 2. The van der Waals surface area contributed by atoms with Crippen LogP contribution in [0.2, 0.25) is 0 Å². The Morgan fingerprint density at radius 3 is 2.50 bits per heavy atom. The summed E-state index contributed by atoms with van der Waals surface area (Å²) in [5.41, 5.74) is 2.00. The van der Waals surface area contributed by atoms with Gasteiger partial charge in [-0.1, -0.05) is 18.2 Å². The van der Waals surface area contributed by atoms with Gasteiger partial charge in [0.15, 0.2) is 17.6 Å². The highest BCUT2D eigenvalue weighted by atomic mass is 19.2. The molecule has 0 aliphatic carbocycles. The number of hydrogen-bond donors (Lipinski definition) is 2. The van der Waals surface area contributed by atoms with Gasteiger partial charge >= 0.3 is 0 Å². The molecule has 0 amide bonds. The van der Waals surface area contributed by atoms with Gasteiger partial charge in [0, 0.05) is 63.3 Å². The van der Waals surface area contributed by atoms with Crippen LogP contribution in [0.1, 0.15) is 12.8 Å². The van der Waals surface area contributed by atoms with Crippen molar-refractivity contribution in [1.82, 2.24) is 10.6 Å². The number of nitrogens with zero attached hydrogens (tertiary/aromatic N) is 3. The zero-order valence-electron chi connectivity index (χ0n) is 17.3. The second kappa shape index (κ2) is 9.32. The van der Waals surface area contributed by atoms with Crippen molar-refractivity contribution in [2.24, 2.45) is 10.9 Å². The third kappa shape index (κ3) is 4.83. The quantitative estimate of drug-likeness (QED) is 0.584. The van der Waals surface area contributed by atoms with E-state index in [0.29, 0.717) is 12.0 Å². The average Bonchev–Trinajstić information content (AvgIpc) is 3.43. The Hall–Kier alpha value is -2.83. The first-order valence-electron chi connectivity index (χ1n) is 10.6. The van der Waals surface area contributed by atoms with Crippen LogP contribution < -0.4 is 20.4 Å². The minimum absolute atomic E-state index is 0.360. The van der Waals surface area contributed by atoms with Crippen molar-refractivity contribution in [1.29, 1.82) is 0 Å². The standard InChI is InChI=1S/C23H29F2N5/c1-26-23(28-18-10-12-30(16-18)19-5-3-2-4-6-19)27-14-17-9-11-29(15-17)20-7-8-21(24)22(25)13-20/h2-8,13,17-18H,9-12,14-16H2,1H3,(H2,26,27,28). The predicted molar refractivity (Wildman–Crippen MR) is 118 cm³/mol. The summed E-state index contributed by atoms with van der Waals surface area (Å²) < 4.78 is 26.7. The van der Waals surface area contributed by atoms with E-state index < -0.39 is 11.6 Å². The topological polar surface area (TPSA) is 42.9 Å². The van der Waals surface area contributed by atoms with Gasteiger partial charge in [0.1, 0.15) is 0 Å². The van der Waals surface area contributed by atoms with Crippen LogP contribution in [0.5, 0.6) is 0 Å². The summed E-state index contributed by atoms with van der Waals surface area (Å²) in [5.74, 6) is -0.342. The van der Waals surface area contributed by atoms with Gasteiger partial charge in [-0.25, -0.2) is 8.78 Å². The molecule has 2 aromatic rings. The number of guanidine groups is 1. The minimum atomic E-state index is -0.802. The Bertz CT molecular complexity index is 873. The first kappa shape index (κ1) is 20.4. The molecule has 160 valence electrons. The van der Waals surface area contributed by atoms with E-state index in [-0.39, 0.29) is 0 Å². The highest BCUT2D eigenvalue weighted by Gasteiger charge is 2.25. The maximum Gasteiger partial charge on any atom is 0.191 e. The van der Waals surface area contributed by atoms with E-state index >= 15 is 0 Å². The van der Waals surface area contributed by atoms with Crippen LogP contribution in [-0.4, -0.2) is 51.8 Å². The van der Waals surface area contributed by atoms with Crippen LogP contribution in [0.25, 0.3) is 0 Å². The highest BCUT2D eigenvalue weighted by molar-refractivity contribution is 5.80. The van der Waals surface area contributed by atoms with E-state index in [1.165, 1.54) is 17.8 Å². The van der Waals surface area contributed by atoms with Crippen LogP contribution in [0.3, 0.4) is 0 Å². The van der Waals surface area contributed by atoms with Crippen molar-refractivity contribution >= 4 is 17.3 Å². The Kier molecular flexibility index (Phi) is 6.35. The molecular weight excluding hydrogens is 384 g/mol. The molecule has 5 nitrogen and oxygen atoms in total. The lowest BCUT2D eigenvalue weighted by molar-refractivity contribution is 0.508. The molecule has 2 saturated heterocycles. The number of rotatable bonds is 5. The summed E-state index contributed by atoms with van der Waals surface area (Å²) in [5, 5.41) is 6.98. The van der Waals surface area contributed by atoms with E-state index in [2.05, 4.69) is 49.7 Å². The van der Waals surface area contributed by atoms with Crippen LogP contribution in [-0.2, 0) is 0 Å². The highest BCUT2D eigenvalue weighted by Crippen LogP contribution is 2.25. The lowest BCUT2D eigenvalue weighted by Gasteiger charge is -2.22. The Morgan fingerprint density at radius 2 is 1.73 bits per heavy atom. The molecule has 2 aliphatic rings. The molecule has 0 bridgehead atoms. The zero-order chi connectivity index (χ0) is 20.9. The molecule has 2 aromatic carbocycles. The third-order valence-corrected chi connectivity index (χ3v) is 5.99. The van der Waals surface area contributed by atoms with E-state index in [4.69, 9.17) is 0 Å². The molecule has 0 spiro atoms. The summed E-state index contributed by atoms with van der Waals surface area (Å²) >= 11 is 0. The van der Waals surface area contributed by atoms with Crippen molar-refractivity contribution in [2.45, 2.75) is 18.9 Å². The predicted octanol–water partition coefficient (Wildman–Crippen LogP) is 3.24. The summed E-state index contributed by atoms with van der Waals surface area (Å²) in [6, 6.07) is 15.0. The molecule has 0 saturated carbocycles. The largest absolute Gasteiger partial charge is 0.371 e. The van der Waals surface area contributed by atoms with E-state index in [9.17, 15) is 8.78 Å². The van der Waals surface area contributed by atoms with Gasteiger partial charge in [-0.15, -0.1) is 0 Å². The zero-order valence-corrected chi connectivity index (χ0v) is 17.3. The monoisotopic (exact) mass is 413 g/mol. The fourth-order valence-corrected chi connectivity index (χ4v) is 4.30. The maximum atomic E-state index is 13.5. The maximum absolute atomic E-state index is 13.5. The molecule has 7 heteroatoms. The van der Waals surface area contributed by atoms with E-state index in [0.717, 1.165) is 57.2 Å². The molecule has 4 rings (SSSR count). The molecule has 2 aliphatic heterocycles. The van der Waals surface area contributed by atoms with Gasteiger partial charge in [-0.2, -0.15) is 0 Å². The summed E-state index contributed by atoms with van der Waals surface area (Å²) in [7, 11) is 1.79. The van der Waals surface area contributed by atoms with Crippen LogP contribution in [0.4, 0.5) is 20.2 Å². The number of aliphatic imine (C=N–C) groups is 1. The molecule has 2 N–H and O–H groups in total. The summed E-state index contributed by atoms with van der Waals surface area (Å²) in [6.45, 7) is 4.45. The lowest BCUT2D eigenvalue weighted by Crippen LogP contribution is -2.46. The number of benzene rings is 2. The molecule has 2 unspecified atom stereocenters. The number of hydrogen-bond acceptors (Lipinski definition) is 3. The van der Waals surface area contributed by atoms with Crippen molar-refractivity contribution < 1.29 is 8.78 Å². The first-order chi connectivity index (χ1) is 14.6. The number of para-hydroxylation sites is 1. The molecule has 30 heavy (non-hydrogen) atoms. The van der Waals surface area contributed by atoms with E-state index in [1.54, 1.807) is 13.1 Å². The van der Waals surface area contributed by atoms with Gasteiger partial charge in [0.2, 0.25) is 0 Å². The molecular formula is C23H29F2N5. The van der Waals surface area contributed by atoms with Crippen LogP contribution in [0.15, 0.2) is 53.5 Å². The van der Waals surface area contributed by atoms with Gasteiger partial charge < -0.3 is 20.4 Å². The average molecular weight is 414 g/mol. The van der Waals surface area contributed by atoms with Crippen molar-refractivity contribution in [3.05, 3.63) is 60.2 Å². The Morgan fingerprint density at radius 1 is 0.967 bits per heavy atom. The van der Waals surface area contributed by atoms with E-state index in [1.807, 2.05) is 6.07 Å². The fourth-order valence-electron chi connectivity index (χ4n) is 4.30. The molecule has 0 aromatic heterocycles. The SMILES string of the molecule is CN=C(NCC1CCN(c2ccc(F)c(F)c2)C1)NC1CCN(c2ccccc2)C1. The Labute approximate surface area is 176 Å². The lowest BCUT2D eigenvalue weighted by atomic mass is 10.1.